The molecule has 0 heterocycles. The zero-order valence-electron chi connectivity index (χ0n) is 15.5. The van der Waals surface area contributed by atoms with Crippen LogP contribution in [-0.4, -0.2) is 19.0 Å². The van der Waals surface area contributed by atoms with Crippen LogP contribution in [0.3, 0.4) is 0 Å². The largest absolute Gasteiger partial charge is 0.545 e. The normalized spacial score (nSPS) is 10.3. The van der Waals surface area contributed by atoms with Crippen molar-refractivity contribution in [1.29, 1.82) is 0 Å². The van der Waals surface area contributed by atoms with Crippen molar-refractivity contribution in [2.24, 2.45) is 0 Å². The Morgan fingerprint density at radius 1 is 0.931 bits per heavy atom. The van der Waals surface area contributed by atoms with Gasteiger partial charge in [-0.15, -0.1) is 0 Å². The fraction of sp³-hybridized carbons (Fsp3) is 0.0909. The maximum absolute atomic E-state index is 12.5. The predicted molar refractivity (Wildman–Crippen MR) is 106 cm³/mol. The first-order valence-electron chi connectivity index (χ1n) is 8.67. The highest BCUT2D eigenvalue weighted by molar-refractivity contribution is 6.31. The van der Waals surface area contributed by atoms with E-state index in [2.05, 4.69) is 5.32 Å². The first-order chi connectivity index (χ1) is 14.0. The van der Waals surface area contributed by atoms with Crippen LogP contribution in [0.2, 0.25) is 5.02 Å². The van der Waals surface area contributed by atoms with Crippen LogP contribution in [0.4, 0.5) is 0 Å². The monoisotopic (exact) mass is 410 g/mol. The van der Waals surface area contributed by atoms with Crippen molar-refractivity contribution < 1.29 is 24.2 Å². The fourth-order valence-corrected chi connectivity index (χ4v) is 2.93. The van der Waals surface area contributed by atoms with Crippen LogP contribution in [-0.2, 0) is 6.54 Å². The zero-order valence-corrected chi connectivity index (χ0v) is 16.2. The van der Waals surface area contributed by atoms with Crippen molar-refractivity contribution in [3.8, 4) is 17.2 Å². The average molecular weight is 411 g/mol. The molecule has 0 radical (unpaired) electrons. The molecule has 3 rings (SSSR count). The number of benzene rings is 3. The molecular formula is C22H17ClNO5-. The molecule has 29 heavy (non-hydrogen) atoms. The molecular weight excluding hydrogens is 394 g/mol. The van der Waals surface area contributed by atoms with E-state index in [0.717, 1.165) is 0 Å². The number of methoxy groups -OCH3 is 1. The van der Waals surface area contributed by atoms with Gasteiger partial charge >= 0.3 is 0 Å². The Morgan fingerprint density at radius 3 is 2.24 bits per heavy atom. The van der Waals surface area contributed by atoms with E-state index in [1.807, 2.05) is 0 Å². The summed E-state index contributed by atoms with van der Waals surface area (Å²) in [7, 11) is 1.58. The van der Waals surface area contributed by atoms with Crippen molar-refractivity contribution in [2.45, 2.75) is 6.54 Å². The number of halogens is 1. The number of hydrogen-bond donors (Lipinski definition) is 1. The highest BCUT2D eigenvalue weighted by Gasteiger charge is 2.14. The van der Waals surface area contributed by atoms with Gasteiger partial charge in [-0.05, 0) is 42.5 Å². The summed E-state index contributed by atoms with van der Waals surface area (Å²) >= 11 is 6.30. The van der Waals surface area contributed by atoms with Crippen LogP contribution in [0, 0.1) is 0 Å². The first kappa shape index (κ1) is 20.2. The van der Waals surface area contributed by atoms with Gasteiger partial charge in [0.1, 0.15) is 17.2 Å². The van der Waals surface area contributed by atoms with Crippen molar-refractivity contribution in [2.75, 3.05) is 7.11 Å². The van der Waals surface area contributed by atoms with Gasteiger partial charge in [-0.2, -0.15) is 0 Å². The minimum Gasteiger partial charge on any atom is -0.545 e. The smallest absolute Gasteiger partial charge is 0.252 e. The van der Waals surface area contributed by atoms with Gasteiger partial charge in [-0.3, -0.25) is 4.79 Å². The van der Waals surface area contributed by atoms with Gasteiger partial charge in [0.2, 0.25) is 0 Å². The second-order valence-corrected chi connectivity index (χ2v) is 6.42. The molecule has 3 aromatic rings. The molecule has 3 aromatic carbocycles. The predicted octanol–water partition coefficient (Wildman–Crippen LogP) is 3.43. The third-order valence-corrected chi connectivity index (χ3v) is 4.53. The molecule has 0 bridgehead atoms. The highest BCUT2D eigenvalue weighted by atomic mass is 35.5. The molecule has 0 aromatic heterocycles. The standard InChI is InChI=1S/C22H18ClNO5/c1-28-14-9-11-15(12-10-14)29-20-8-4-7-19(23)18(20)13-24-21(25)16-5-2-3-6-17(16)22(26)27/h2-12H,13H2,1H3,(H,24,25)(H,26,27)/p-1. The summed E-state index contributed by atoms with van der Waals surface area (Å²) in [6.07, 6.45) is 0. The summed E-state index contributed by atoms with van der Waals surface area (Å²) < 4.78 is 11.0. The summed E-state index contributed by atoms with van der Waals surface area (Å²) in [6.45, 7) is 0.0470. The molecule has 6 nitrogen and oxygen atoms in total. The molecule has 0 atom stereocenters. The van der Waals surface area contributed by atoms with Gasteiger partial charge in [0.15, 0.2) is 0 Å². The Bertz CT molecular complexity index is 1030. The van der Waals surface area contributed by atoms with E-state index in [1.165, 1.54) is 18.2 Å². The van der Waals surface area contributed by atoms with Gasteiger partial charge in [0, 0.05) is 28.3 Å². The lowest BCUT2D eigenvalue weighted by Crippen LogP contribution is -2.29. The van der Waals surface area contributed by atoms with Crippen LogP contribution < -0.4 is 19.9 Å². The fourth-order valence-electron chi connectivity index (χ4n) is 2.70. The molecule has 1 N–H and O–H groups in total. The molecule has 0 aliphatic heterocycles. The Morgan fingerprint density at radius 2 is 1.59 bits per heavy atom. The number of ether oxygens (including phenoxy) is 2. The van der Waals surface area contributed by atoms with E-state index in [9.17, 15) is 14.7 Å². The third kappa shape index (κ3) is 4.86. The lowest BCUT2D eigenvalue weighted by Gasteiger charge is -2.15. The number of hydrogen-bond acceptors (Lipinski definition) is 5. The Hall–Kier alpha value is -3.51. The summed E-state index contributed by atoms with van der Waals surface area (Å²) in [4.78, 5) is 23.7. The maximum atomic E-state index is 12.5. The van der Waals surface area contributed by atoms with Crippen molar-refractivity contribution in [3.63, 3.8) is 0 Å². The Labute approximate surface area is 172 Å². The van der Waals surface area contributed by atoms with E-state index in [1.54, 1.807) is 55.6 Å². The van der Waals surface area contributed by atoms with E-state index in [-0.39, 0.29) is 17.7 Å². The van der Waals surface area contributed by atoms with E-state index < -0.39 is 11.9 Å². The topological polar surface area (TPSA) is 87.7 Å². The number of carboxylic acids is 1. The second kappa shape index (κ2) is 9.12. The van der Waals surface area contributed by atoms with Crippen LogP contribution in [0.25, 0.3) is 0 Å². The SMILES string of the molecule is COc1ccc(Oc2cccc(Cl)c2CNC(=O)c2ccccc2C(=O)[O-])cc1. The number of carbonyl (C=O) groups is 2. The van der Waals surface area contributed by atoms with Crippen LogP contribution in [0.5, 0.6) is 17.2 Å². The molecule has 0 fully saturated rings. The average Bonchev–Trinajstić information content (AvgIpc) is 2.73. The molecule has 0 aliphatic rings. The number of amides is 1. The molecule has 0 saturated carbocycles. The van der Waals surface area contributed by atoms with Gasteiger partial charge in [-0.1, -0.05) is 35.9 Å². The summed E-state index contributed by atoms with van der Waals surface area (Å²) in [5.74, 6) is -0.237. The van der Waals surface area contributed by atoms with Gasteiger partial charge in [-0.25, -0.2) is 0 Å². The Kier molecular flexibility index (Phi) is 6.36. The summed E-state index contributed by atoms with van der Waals surface area (Å²) in [5, 5.41) is 14.3. The molecule has 0 unspecified atom stereocenters. The molecule has 7 heteroatoms. The van der Waals surface area contributed by atoms with Crippen molar-refractivity contribution >= 4 is 23.5 Å². The second-order valence-electron chi connectivity index (χ2n) is 6.01. The van der Waals surface area contributed by atoms with Gasteiger partial charge < -0.3 is 24.7 Å². The number of nitrogens with one attached hydrogen (secondary N) is 1. The van der Waals surface area contributed by atoms with Gasteiger partial charge in [0.25, 0.3) is 5.91 Å². The number of rotatable bonds is 7. The first-order valence-corrected chi connectivity index (χ1v) is 9.05. The molecule has 148 valence electrons. The summed E-state index contributed by atoms with van der Waals surface area (Å²) in [6, 6.07) is 18.0. The highest BCUT2D eigenvalue weighted by Crippen LogP contribution is 2.31. The van der Waals surface area contributed by atoms with Crippen LogP contribution >= 0.6 is 11.6 Å². The quantitative estimate of drug-likeness (QED) is 0.644. The molecule has 0 spiro atoms. The van der Waals surface area contributed by atoms with E-state index in [4.69, 9.17) is 21.1 Å². The lowest BCUT2D eigenvalue weighted by molar-refractivity contribution is -0.255. The van der Waals surface area contributed by atoms with Crippen molar-refractivity contribution in [1.82, 2.24) is 5.32 Å². The number of aromatic carboxylic acids is 1. The van der Waals surface area contributed by atoms with Crippen LogP contribution in [0.1, 0.15) is 26.3 Å². The third-order valence-electron chi connectivity index (χ3n) is 4.18. The maximum Gasteiger partial charge on any atom is 0.252 e. The lowest BCUT2D eigenvalue weighted by atomic mass is 10.1. The van der Waals surface area contributed by atoms with Crippen LogP contribution in [0.15, 0.2) is 66.7 Å². The van der Waals surface area contributed by atoms with Crippen molar-refractivity contribution in [3.05, 3.63) is 88.4 Å². The zero-order chi connectivity index (χ0) is 20.8. The Balaban J connectivity index is 1.79. The van der Waals surface area contributed by atoms with Gasteiger partial charge in [0.05, 0.1) is 13.1 Å². The van der Waals surface area contributed by atoms with E-state index >= 15 is 0 Å². The van der Waals surface area contributed by atoms with E-state index in [0.29, 0.717) is 27.8 Å². The summed E-state index contributed by atoms with van der Waals surface area (Å²) in [5.41, 5.74) is 0.389. The minimum atomic E-state index is -1.42. The molecule has 0 aliphatic carbocycles. The minimum absolute atomic E-state index is 0.0113. The molecule has 1 amide bonds. The number of carboxylic acid groups (broad SMARTS) is 1. The molecule has 0 saturated heterocycles. The number of carbonyl (C=O) groups excluding carboxylic acids is 2.